The van der Waals surface area contributed by atoms with E-state index in [2.05, 4.69) is 29.8 Å². The van der Waals surface area contributed by atoms with Gasteiger partial charge < -0.3 is 16.0 Å². The lowest BCUT2D eigenvalue weighted by Crippen LogP contribution is -2.35. The van der Waals surface area contributed by atoms with Gasteiger partial charge in [0.1, 0.15) is 0 Å². The first kappa shape index (κ1) is 15.5. The zero-order chi connectivity index (χ0) is 14.3. The Morgan fingerprint density at radius 2 is 2.05 bits per heavy atom. The molecule has 2 atom stereocenters. The van der Waals surface area contributed by atoms with Crippen molar-refractivity contribution in [2.45, 2.75) is 45.7 Å². The minimum atomic E-state index is -0.143. The third-order valence-electron chi connectivity index (χ3n) is 3.18. The van der Waals surface area contributed by atoms with E-state index in [4.69, 9.17) is 0 Å². The number of hydrogen-bond acceptors (Lipinski definition) is 2. The molecule has 0 spiro atoms. The molecule has 2 amide bonds. The minimum Gasteiger partial charge on any atom is -0.335 e. The van der Waals surface area contributed by atoms with Crippen molar-refractivity contribution in [2.75, 3.05) is 12.4 Å². The van der Waals surface area contributed by atoms with Crippen LogP contribution in [0.2, 0.25) is 0 Å². The Kier molecular flexibility index (Phi) is 6.36. The van der Waals surface area contributed by atoms with E-state index in [1.807, 2.05) is 38.2 Å². The molecule has 2 unspecified atom stereocenters. The number of anilines is 1. The molecular weight excluding hydrogens is 238 g/mol. The summed E-state index contributed by atoms with van der Waals surface area (Å²) < 4.78 is 0. The largest absolute Gasteiger partial charge is 0.335 e. The van der Waals surface area contributed by atoms with Gasteiger partial charge in [0.15, 0.2) is 0 Å². The van der Waals surface area contributed by atoms with Crippen LogP contribution < -0.4 is 16.0 Å². The molecule has 3 N–H and O–H groups in total. The van der Waals surface area contributed by atoms with Crippen LogP contribution in [-0.4, -0.2) is 19.1 Å². The van der Waals surface area contributed by atoms with E-state index in [1.54, 1.807) is 0 Å². The summed E-state index contributed by atoms with van der Waals surface area (Å²) in [6, 6.07) is 8.21. The van der Waals surface area contributed by atoms with E-state index < -0.39 is 0 Å². The van der Waals surface area contributed by atoms with E-state index in [0.717, 1.165) is 24.1 Å². The van der Waals surface area contributed by atoms with Crippen molar-refractivity contribution in [2.24, 2.45) is 0 Å². The molecule has 106 valence electrons. The highest BCUT2D eigenvalue weighted by atomic mass is 16.2. The van der Waals surface area contributed by atoms with E-state index in [0.29, 0.717) is 0 Å². The summed E-state index contributed by atoms with van der Waals surface area (Å²) in [6.45, 7) is 6.21. The summed E-state index contributed by atoms with van der Waals surface area (Å²) in [7, 11) is 1.92. The Morgan fingerprint density at radius 1 is 1.32 bits per heavy atom. The molecule has 1 rings (SSSR count). The third kappa shape index (κ3) is 5.30. The van der Waals surface area contributed by atoms with Crippen molar-refractivity contribution >= 4 is 11.7 Å². The van der Waals surface area contributed by atoms with Gasteiger partial charge in [0.05, 0.1) is 0 Å². The van der Waals surface area contributed by atoms with Gasteiger partial charge in [-0.2, -0.15) is 0 Å². The van der Waals surface area contributed by atoms with Gasteiger partial charge >= 0.3 is 6.03 Å². The highest BCUT2D eigenvalue weighted by Gasteiger charge is 2.08. The first-order chi connectivity index (χ1) is 9.06. The SMILES string of the molecule is CCCC(C)NC(=O)Nc1cccc(C(C)NC)c1. The quantitative estimate of drug-likeness (QED) is 0.737. The lowest BCUT2D eigenvalue weighted by Gasteiger charge is -2.15. The fraction of sp³-hybridized carbons (Fsp3) is 0.533. The molecule has 4 nitrogen and oxygen atoms in total. The molecule has 0 aliphatic rings. The molecule has 0 fully saturated rings. The summed E-state index contributed by atoms with van der Waals surface area (Å²) in [6.07, 6.45) is 2.06. The maximum atomic E-state index is 11.8. The van der Waals surface area contributed by atoms with Gasteiger partial charge in [-0.1, -0.05) is 25.5 Å². The van der Waals surface area contributed by atoms with Crippen LogP contribution in [0.15, 0.2) is 24.3 Å². The molecule has 0 heterocycles. The second-order valence-electron chi connectivity index (χ2n) is 4.92. The number of hydrogen-bond donors (Lipinski definition) is 3. The molecule has 4 heteroatoms. The van der Waals surface area contributed by atoms with Crippen molar-refractivity contribution in [3.05, 3.63) is 29.8 Å². The molecule has 1 aromatic carbocycles. The van der Waals surface area contributed by atoms with E-state index in [1.165, 1.54) is 0 Å². The number of rotatable bonds is 6. The zero-order valence-corrected chi connectivity index (χ0v) is 12.3. The second-order valence-corrected chi connectivity index (χ2v) is 4.92. The van der Waals surface area contributed by atoms with Crippen molar-refractivity contribution in [3.8, 4) is 0 Å². The van der Waals surface area contributed by atoms with Crippen molar-refractivity contribution in [1.82, 2.24) is 10.6 Å². The Morgan fingerprint density at radius 3 is 2.68 bits per heavy atom. The molecule has 0 bridgehead atoms. The highest BCUT2D eigenvalue weighted by Crippen LogP contribution is 2.16. The molecule has 19 heavy (non-hydrogen) atoms. The molecule has 1 aromatic rings. The van der Waals surface area contributed by atoms with Gasteiger partial charge in [0.25, 0.3) is 0 Å². The van der Waals surface area contributed by atoms with Crippen LogP contribution in [-0.2, 0) is 0 Å². The predicted molar refractivity (Wildman–Crippen MR) is 80.4 cm³/mol. The number of nitrogens with one attached hydrogen (secondary N) is 3. The number of benzene rings is 1. The van der Waals surface area contributed by atoms with Crippen LogP contribution in [0.1, 0.15) is 45.2 Å². The fourth-order valence-electron chi connectivity index (χ4n) is 1.95. The Balaban J connectivity index is 2.59. The maximum Gasteiger partial charge on any atom is 0.319 e. The monoisotopic (exact) mass is 263 g/mol. The van der Waals surface area contributed by atoms with Crippen LogP contribution >= 0.6 is 0 Å². The highest BCUT2D eigenvalue weighted by molar-refractivity contribution is 5.89. The number of urea groups is 1. The van der Waals surface area contributed by atoms with Crippen LogP contribution in [0.25, 0.3) is 0 Å². The van der Waals surface area contributed by atoms with Crippen molar-refractivity contribution in [1.29, 1.82) is 0 Å². The predicted octanol–water partition coefficient (Wildman–Crippen LogP) is 3.28. The van der Waals surface area contributed by atoms with Crippen LogP contribution in [0, 0.1) is 0 Å². The molecule has 0 aromatic heterocycles. The van der Waals surface area contributed by atoms with Gasteiger partial charge in [-0.25, -0.2) is 4.79 Å². The average molecular weight is 263 g/mol. The van der Waals surface area contributed by atoms with Crippen LogP contribution in [0.3, 0.4) is 0 Å². The first-order valence-corrected chi connectivity index (χ1v) is 6.91. The van der Waals surface area contributed by atoms with Crippen molar-refractivity contribution in [3.63, 3.8) is 0 Å². The van der Waals surface area contributed by atoms with E-state index in [-0.39, 0.29) is 18.1 Å². The topological polar surface area (TPSA) is 53.2 Å². The number of carbonyl (C=O) groups excluding carboxylic acids is 1. The Hall–Kier alpha value is -1.55. The summed E-state index contributed by atoms with van der Waals surface area (Å²) in [5.74, 6) is 0. The molecule has 0 radical (unpaired) electrons. The molecule has 0 saturated carbocycles. The zero-order valence-electron chi connectivity index (χ0n) is 12.3. The Bertz CT molecular complexity index is 406. The molecule has 0 aliphatic heterocycles. The summed E-state index contributed by atoms with van der Waals surface area (Å²) >= 11 is 0. The molecule has 0 aliphatic carbocycles. The average Bonchev–Trinajstić information content (AvgIpc) is 2.38. The normalized spacial score (nSPS) is 13.7. The van der Waals surface area contributed by atoms with Gasteiger partial charge in [0.2, 0.25) is 0 Å². The summed E-state index contributed by atoms with van der Waals surface area (Å²) in [4.78, 5) is 11.8. The molecule has 0 saturated heterocycles. The number of carbonyl (C=O) groups is 1. The first-order valence-electron chi connectivity index (χ1n) is 6.91. The minimum absolute atomic E-state index is 0.143. The maximum absolute atomic E-state index is 11.8. The summed E-state index contributed by atoms with van der Waals surface area (Å²) in [5.41, 5.74) is 1.97. The fourth-order valence-corrected chi connectivity index (χ4v) is 1.95. The Labute approximate surface area is 116 Å². The summed E-state index contributed by atoms with van der Waals surface area (Å²) in [5, 5.41) is 8.98. The van der Waals surface area contributed by atoms with Gasteiger partial charge in [0, 0.05) is 17.8 Å². The van der Waals surface area contributed by atoms with Gasteiger partial charge in [-0.05, 0) is 45.0 Å². The van der Waals surface area contributed by atoms with Gasteiger partial charge in [-0.3, -0.25) is 0 Å². The lowest BCUT2D eigenvalue weighted by atomic mass is 10.1. The smallest absolute Gasteiger partial charge is 0.319 e. The molecular formula is C15H25N3O. The number of amides is 2. The van der Waals surface area contributed by atoms with E-state index >= 15 is 0 Å². The van der Waals surface area contributed by atoms with Crippen LogP contribution in [0.4, 0.5) is 10.5 Å². The van der Waals surface area contributed by atoms with E-state index in [9.17, 15) is 4.79 Å². The lowest BCUT2D eigenvalue weighted by molar-refractivity contribution is 0.248. The standard InChI is InChI=1S/C15H25N3O/c1-5-7-11(2)17-15(19)18-14-9-6-8-13(10-14)12(3)16-4/h6,8-12,16H,5,7H2,1-4H3,(H2,17,18,19). The van der Waals surface area contributed by atoms with Crippen molar-refractivity contribution < 1.29 is 4.79 Å². The van der Waals surface area contributed by atoms with Gasteiger partial charge in [-0.15, -0.1) is 0 Å². The second kappa shape index (κ2) is 7.79. The third-order valence-corrected chi connectivity index (χ3v) is 3.18. The van der Waals surface area contributed by atoms with Crippen LogP contribution in [0.5, 0.6) is 0 Å².